The molecule has 2 aromatic carbocycles. The number of carbonyl (C=O) groups is 2. The number of likely N-dealkylation sites (N-methyl/N-ethyl adjacent to an activating group) is 1. The molecular formula is C32H43N3O8. The number of hydrogen-bond acceptors (Lipinski definition) is 9. The van der Waals surface area contributed by atoms with Crippen LogP contribution in [0.25, 0.3) is 11.0 Å². The fourth-order valence-electron chi connectivity index (χ4n) is 4.98. The van der Waals surface area contributed by atoms with Gasteiger partial charge >= 0.3 is 17.6 Å². The summed E-state index contributed by atoms with van der Waals surface area (Å²) in [6.45, 7) is 12.7. The summed E-state index contributed by atoms with van der Waals surface area (Å²) >= 11 is 0. The highest BCUT2D eigenvalue weighted by molar-refractivity contribution is 5.93. The Balaban J connectivity index is 1.95. The molecule has 0 saturated carbocycles. The molecule has 1 heterocycles. The molecule has 234 valence electrons. The van der Waals surface area contributed by atoms with Crippen molar-refractivity contribution in [1.29, 1.82) is 0 Å². The van der Waals surface area contributed by atoms with Gasteiger partial charge in [0.25, 0.3) is 0 Å². The number of anilines is 1. The number of carbonyl (C=O) groups excluding carboxylic acids is 2. The molecular weight excluding hydrogens is 554 g/mol. The molecule has 1 atom stereocenters. The number of rotatable bonds is 14. The molecule has 0 spiro atoms. The van der Waals surface area contributed by atoms with Crippen LogP contribution in [0.15, 0.2) is 39.5 Å². The normalized spacial score (nSPS) is 11.7. The fourth-order valence-corrected chi connectivity index (χ4v) is 4.98. The van der Waals surface area contributed by atoms with E-state index in [1.807, 2.05) is 40.7 Å². The lowest BCUT2D eigenvalue weighted by Gasteiger charge is -2.26. The van der Waals surface area contributed by atoms with Crippen LogP contribution in [0, 0.1) is 6.92 Å². The van der Waals surface area contributed by atoms with Crippen LogP contribution >= 0.6 is 0 Å². The lowest BCUT2D eigenvalue weighted by atomic mass is 10.0. The molecule has 0 radical (unpaired) electrons. The van der Waals surface area contributed by atoms with Crippen LogP contribution in [-0.4, -0.2) is 82.0 Å². The summed E-state index contributed by atoms with van der Waals surface area (Å²) in [5, 5.41) is 3.58. The van der Waals surface area contributed by atoms with E-state index in [4.69, 9.17) is 23.4 Å². The highest BCUT2D eigenvalue weighted by Gasteiger charge is 2.25. The van der Waals surface area contributed by atoms with Gasteiger partial charge in [-0.15, -0.1) is 0 Å². The molecule has 0 saturated heterocycles. The fraction of sp³-hybridized carbons (Fsp3) is 0.469. The molecule has 1 N–H and O–H groups in total. The molecule has 11 nitrogen and oxygen atoms in total. The molecule has 3 aromatic rings. The summed E-state index contributed by atoms with van der Waals surface area (Å²) in [6.07, 6.45) is -0.504. The van der Waals surface area contributed by atoms with Crippen molar-refractivity contribution in [3.63, 3.8) is 0 Å². The van der Waals surface area contributed by atoms with Crippen LogP contribution in [0.4, 0.5) is 10.5 Å². The minimum Gasteiger partial charge on any atom is -0.493 e. The molecule has 0 fully saturated rings. The molecule has 0 aliphatic carbocycles. The second-order valence-electron chi connectivity index (χ2n) is 9.94. The zero-order valence-corrected chi connectivity index (χ0v) is 26.4. The van der Waals surface area contributed by atoms with Crippen molar-refractivity contribution >= 4 is 28.7 Å². The number of esters is 1. The summed E-state index contributed by atoms with van der Waals surface area (Å²) in [5.41, 5.74) is 1.73. The summed E-state index contributed by atoms with van der Waals surface area (Å²) < 4.78 is 27.9. The topological polar surface area (TPSA) is 120 Å². The molecule has 0 bridgehead atoms. The Bertz CT molecular complexity index is 1450. The first-order chi connectivity index (χ1) is 20.6. The van der Waals surface area contributed by atoms with E-state index in [1.54, 1.807) is 17.0 Å². The first-order valence-corrected chi connectivity index (χ1v) is 14.5. The van der Waals surface area contributed by atoms with E-state index in [0.717, 1.165) is 24.0 Å². The van der Waals surface area contributed by atoms with Crippen LogP contribution in [0.5, 0.6) is 17.2 Å². The minimum atomic E-state index is -0.654. The Morgan fingerprint density at radius 1 is 0.907 bits per heavy atom. The van der Waals surface area contributed by atoms with Crippen LogP contribution in [0.3, 0.4) is 0 Å². The van der Waals surface area contributed by atoms with Gasteiger partial charge in [-0.25, -0.2) is 14.4 Å². The van der Waals surface area contributed by atoms with Gasteiger partial charge in [-0.05, 0) is 63.7 Å². The smallest absolute Gasteiger partial charge is 0.339 e. The van der Waals surface area contributed by atoms with Crippen LogP contribution in [0.1, 0.15) is 49.2 Å². The number of hydrogen-bond donors (Lipinski definition) is 1. The molecule has 3 rings (SSSR count). The maximum Gasteiger partial charge on any atom is 0.339 e. The summed E-state index contributed by atoms with van der Waals surface area (Å²) in [4.78, 5) is 43.0. The highest BCUT2D eigenvalue weighted by atomic mass is 16.5. The lowest BCUT2D eigenvalue weighted by Crippen LogP contribution is -2.37. The molecule has 1 unspecified atom stereocenters. The zero-order chi connectivity index (χ0) is 31.7. The highest BCUT2D eigenvalue weighted by Crippen LogP contribution is 2.38. The predicted octanol–water partition coefficient (Wildman–Crippen LogP) is 5.11. The van der Waals surface area contributed by atoms with Crippen molar-refractivity contribution in [1.82, 2.24) is 9.80 Å². The van der Waals surface area contributed by atoms with E-state index in [-0.39, 0.29) is 18.0 Å². The largest absolute Gasteiger partial charge is 0.493 e. The first-order valence-electron chi connectivity index (χ1n) is 14.5. The maximum atomic E-state index is 13.4. The quantitative estimate of drug-likeness (QED) is 0.200. The van der Waals surface area contributed by atoms with E-state index in [9.17, 15) is 14.4 Å². The zero-order valence-electron chi connectivity index (χ0n) is 26.4. The molecule has 11 heteroatoms. The van der Waals surface area contributed by atoms with Crippen molar-refractivity contribution in [2.45, 2.75) is 47.1 Å². The Labute approximate surface area is 252 Å². The van der Waals surface area contributed by atoms with Gasteiger partial charge in [-0.2, -0.15) is 0 Å². The van der Waals surface area contributed by atoms with Crippen molar-refractivity contribution < 1.29 is 33.0 Å². The third-order valence-electron chi connectivity index (χ3n) is 7.55. The number of benzene rings is 2. The van der Waals surface area contributed by atoms with Gasteiger partial charge in [0, 0.05) is 48.8 Å². The number of aryl methyl sites for hydroxylation is 1. The van der Waals surface area contributed by atoms with Crippen LogP contribution in [-0.2, 0) is 11.2 Å². The monoisotopic (exact) mass is 597 g/mol. The summed E-state index contributed by atoms with van der Waals surface area (Å²) in [7, 11) is 4.43. The van der Waals surface area contributed by atoms with Gasteiger partial charge < -0.3 is 38.5 Å². The van der Waals surface area contributed by atoms with Crippen LogP contribution in [0.2, 0.25) is 0 Å². The second-order valence-corrected chi connectivity index (χ2v) is 9.94. The van der Waals surface area contributed by atoms with Crippen molar-refractivity contribution in [2.75, 3.05) is 59.4 Å². The number of nitrogens with one attached hydrogen (secondary N) is 1. The Hall–Kier alpha value is -4.25. The third-order valence-corrected chi connectivity index (χ3v) is 7.55. The summed E-state index contributed by atoms with van der Waals surface area (Å²) in [6, 6.07) is 8.07. The van der Waals surface area contributed by atoms with E-state index in [1.165, 1.54) is 33.5 Å². The minimum absolute atomic E-state index is 0.150. The van der Waals surface area contributed by atoms with Crippen molar-refractivity contribution in [3.8, 4) is 17.2 Å². The second kappa shape index (κ2) is 15.3. The van der Waals surface area contributed by atoms with Crippen molar-refractivity contribution in [2.24, 2.45) is 0 Å². The Morgan fingerprint density at radius 3 is 2.07 bits per heavy atom. The lowest BCUT2D eigenvalue weighted by molar-refractivity contribution is 0.0209. The predicted molar refractivity (Wildman–Crippen MR) is 166 cm³/mol. The Kier molecular flexibility index (Phi) is 11.8. The van der Waals surface area contributed by atoms with E-state index >= 15 is 0 Å². The van der Waals surface area contributed by atoms with Gasteiger partial charge in [0.15, 0.2) is 11.5 Å². The maximum absolute atomic E-state index is 13.4. The SMILES string of the molecule is CCN(CC)CC(Cc1c(C)c2ccc(NC(=O)N(CC)CC)cc2oc1=O)OC(=O)c1cc(OC)c(OC)c(OC)c1. The molecule has 43 heavy (non-hydrogen) atoms. The number of nitrogens with zero attached hydrogens (tertiary/aromatic N) is 2. The van der Waals surface area contributed by atoms with Gasteiger partial charge in [-0.3, -0.25) is 0 Å². The van der Waals surface area contributed by atoms with Gasteiger partial charge in [0.1, 0.15) is 11.7 Å². The van der Waals surface area contributed by atoms with E-state index in [0.29, 0.717) is 53.7 Å². The third kappa shape index (κ3) is 7.78. The molecule has 2 amide bonds. The molecule has 0 aliphatic heterocycles. The van der Waals surface area contributed by atoms with Gasteiger partial charge in [0.05, 0.1) is 26.9 Å². The van der Waals surface area contributed by atoms with Gasteiger partial charge in [0.2, 0.25) is 5.75 Å². The van der Waals surface area contributed by atoms with E-state index < -0.39 is 17.7 Å². The Morgan fingerprint density at radius 2 is 1.53 bits per heavy atom. The summed E-state index contributed by atoms with van der Waals surface area (Å²) in [5.74, 6) is 0.426. The van der Waals surface area contributed by atoms with Gasteiger partial charge in [-0.1, -0.05) is 13.8 Å². The van der Waals surface area contributed by atoms with E-state index in [2.05, 4.69) is 10.2 Å². The number of methoxy groups -OCH3 is 3. The number of amides is 2. The number of fused-ring (bicyclic) bond motifs is 1. The number of ether oxygens (including phenoxy) is 4. The average Bonchev–Trinajstić information content (AvgIpc) is 3.01. The number of urea groups is 1. The molecule has 1 aromatic heterocycles. The standard InChI is InChI=1S/C32H43N3O8/c1-9-34(10-2)19-23(42-30(36)21-15-27(39-6)29(41-8)28(16-21)40-7)18-25-20(5)24-14-13-22(17-26(24)43-31(25)37)33-32(38)35(11-3)12-4/h13-17,23H,9-12,18-19H2,1-8H3,(H,33,38). The van der Waals surface area contributed by atoms with Crippen LogP contribution < -0.4 is 25.2 Å². The van der Waals surface area contributed by atoms with Crippen molar-refractivity contribution in [3.05, 3.63) is 57.4 Å². The average molecular weight is 598 g/mol. The first kappa shape index (κ1) is 33.3. The molecule has 0 aliphatic rings.